The summed E-state index contributed by atoms with van der Waals surface area (Å²) in [5.74, 6) is -0.206. The Morgan fingerprint density at radius 3 is 2.51 bits per heavy atom. The van der Waals surface area contributed by atoms with Crippen LogP contribution in [0.5, 0.6) is 0 Å². The van der Waals surface area contributed by atoms with Crippen molar-refractivity contribution in [2.45, 2.75) is 25.9 Å². The van der Waals surface area contributed by atoms with Gasteiger partial charge in [0.15, 0.2) is 0 Å². The molecule has 1 unspecified atom stereocenters. The lowest BCUT2D eigenvalue weighted by molar-refractivity contribution is 0.0631. The minimum absolute atomic E-state index is 0.0778. The largest absolute Gasteiger partial charge is 0.336 e. The first kappa shape index (κ1) is 23.1. The van der Waals surface area contributed by atoms with Crippen molar-refractivity contribution in [2.75, 3.05) is 19.6 Å². The van der Waals surface area contributed by atoms with Gasteiger partial charge in [-0.15, -0.1) is 5.10 Å². The number of amides is 2. The van der Waals surface area contributed by atoms with Crippen molar-refractivity contribution in [2.24, 2.45) is 0 Å². The monoisotopic (exact) mass is 487 g/mol. The lowest BCUT2D eigenvalue weighted by atomic mass is 10.0. The molecule has 1 aromatic heterocycles. The van der Waals surface area contributed by atoms with Crippen molar-refractivity contribution in [3.8, 4) is 0 Å². The smallest absolute Gasteiger partial charge is 0.255 e. The van der Waals surface area contributed by atoms with Gasteiger partial charge in [-0.3, -0.25) is 9.59 Å². The van der Waals surface area contributed by atoms with Gasteiger partial charge in [-0.05, 0) is 49.2 Å². The van der Waals surface area contributed by atoms with E-state index in [0.29, 0.717) is 54.3 Å². The van der Waals surface area contributed by atoms with Gasteiger partial charge in [-0.25, -0.2) is 4.68 Å². The van der Waals surface area contributed by atoms with Gasteiger partial charge in [-0.1, -0.05) is 59.3 Å². The Labute approximate surface area is 208 Å². The van der Waals surface area contributed by atoms with Crippen LogP contribution in [0.4, 0.5) is 0 Å². The fraction of sp³-hybridized carbons (Fsp3) is 0.259. The number of benzene rings is 3. The van der Waals surface area contributed by atoms with E-state index >= 15 is 0 Å². The second-order valence-electron chi connectivity index (χ2n) is 8.62. The summed E-state index contributed by atoms with van der Waals surface area (Å²) in [6, 6.07) is 22.2. The normalized spacial score (nSPS) is 16.3. The highest BCUT2D eigenvalue weighted by Gasteiger charge is 2.33. The highest BCUT2D eigenvalue weighted by molar-refractivity contribution is 6.33. The van der Waals surface area contributed by atoms with Gasteiger partial charge in [-0.2, -0.15) is 0 Å². The Morgan fingerprint density at radius 2 is 1.74 bits per heavy atom. The van der Waals surface area contributed by atoms with Crippen molar-refractivity contribution < 1.29 is 9.59 Å². The van der Waals surface area contributed by atoms with Gasteiger partial charge in [0.1, 0.15) is 5.52 Å². The molecule has 7 nitrogen and oxygen atoms in total. The number of aryl methyl sites for hydroxylation is 1. The third-order valence-electron chi connectivity index (χ3n) is 6.49. The average Bonchev–Trinajstić information content (AvgIpc) is 3.18. The van der Waals surface area contributed by atoms with Crippen molar-refractivity contribution in [3.63, 3.8) is 0 Å². The third-order valence-corrected chi connectivity index (χ3v) is 6.82. The third kappa shape index (κ3) is 4.51. The standard InChI is InChI=1S/C27H26ClN5O2/c1-2-33-24-14-13-20(17-23(24)29-30-33)26(34)31-15-8-16-32(25(18-31)19-9-4-3-5-10-19)27(35)21-11-6-7-12-22(21)28/h3-7,9-14,17,25H,2,8,15-16,18H2,1H3. The molecule has 178 valence electrons. The number of rotatable bonds is 4. The summed E-state index contributed by atoms with van der Waals surface area (Å²) >= 11 is 6.37. The molecule has 3 aromatic carbocycles. The molecule has 1 aliphatic heterocycles. The van der Waals surface area contributed by atoms with E-state index in [1.165, 1.54) is 0 Å². The maximum Gasteiger partial charge on any atom is 0.255 e. The number of hydrogen-bond donors (Lipinski definition) is 0. The lowest BCUT2D eigenvalue weighted by Crippen LogP contribution is -2.40. The molecule has 5 rings (SSSR count). The quantitative estimate of drug-likeness (QED) is 0.413. The number of carbonyl (C=O) groups is 2. The predicted molar refractivity (Wildman–Crippen MR) is 135 cm³/mol. The van der Waals surface area contributed by atoms with Crippen molar-refractivity contribution in [1.82, 2.24) is 24.8 Å². The number of halogens is 1. The van der Waals surface area contributed by atoms with Crippen LogP contribution in [0.1, 0.15) is 45.7 Å². The molecule has 8 heteroatoms. The second kappa shape index (κ2) is 9.88. The van der Waals surface area contributed by atoms with Crippen molar-refractivity contribution >= 4 is 34.4 Å². The van der Waals surface area contributed by atoms with Crippen LogP contribution < -0.4 is 0 Å². The van der Waals surface area contributed by atoms with E-state index in [1.54, 1.807) is 22.9 Å². The zero-order chi connectivity index (χ0) is 24.4. The van der Waals surface area contributed by atoms with Gasteiger partial charge in [0.05, 0.1) is 22.1 Å². The Bertz CT molecular complexity index is 1370. The average molecular weight is 488 g/mol. The maximum atomic E-state index is 13.6. The summed E-state index contributed by atoms with van der Waals surface area (Å²) in [6.07, 6.45) is 0.666. The highest BCUT2D eigenvalue weighted by Crippen LogP contribution is 2.29. The predicted octanol–water partition coefficient (Wildman–Crippen LogP) is 4.83. The summed E-state index contributed by atoms with van der Waals surface area (Å²) in [5, 5.41) is 8.78. The van der Waals surface area contributed by atoms with Gasteiger partial charge in [0.25, 0.3) is 11.8 Å². The van der Waals surface area contributed by atoms with Crippen LogP contribution in [0, 0.1) is 0 Å². The van der Waals surface area contributed by atoms with E-state index in [2.05, 4.69) is 10.3 Å². The molecule has 1 fully saturated rings. The molecule has 0 bridgehead atoms. The number of carbonyl (C=O) groups excluding carboxylic acids is 2. The molecule has 1 aliphatic rings. The minimum Gasteiger partial charge on any atom is -0.336 e. The molecule has 0 saturated carbocycles. The van der Waals surface area contributed by atoms with Crippen LogP contribution in [0.15, 0.2) is 72.8 Å². The van der Waals surface area contributed by atoms with Crippen molar-refractivity contribution in [1.29, 1.82) is 0 Å². The molecule has 0 N–H and O–H groups in total. The second-order valence-corrected chi connectivity index (χ2v) is 9.03. The molecular formula is C27H26ClN5O2. The van der Waals surface area contributed by atoms with Gasteiger partial charge in [0.2, 0.25) is 0 Å². The zero-order valence-electron chi connectivity index (χ0n) is 19.5. The van der Waals surface area contributed by atoms with E-state index < -0.39 is 0 Å². The summed E-state index contributed by atoms with van der Waals surface area (Å²) in [7, 11) is 0. The summed E-state index contributed by atoms with van der Waals surface area (Å²) in [5.41, 5.74) is 3.62. The highest BCUT2D eigenvalue weighted by atomic mass is 35.5. The van der Waals surface area contributed by atoms with E-state index in [0.717, 1.165) is 11.1 Å². The van der Waals surface area contributed by atoms with Crippen LogP contribution >= 0.6 is 11.6 Å². The first-order valence-electron chi connectivity index (χ1n) is 11.8. The minimum atomic E-state index is -0.295. The number of nitrogens with zero attached hydrogens (tertiary/aromatic N) is 5. The molecule has 1 atom stereocenters. The summed E-state index contributed by atoms with van der Waals surface area (Å²) in [6.45, 7) is 4.18. The SMILES string of the molecule is CCn1nnc2cc(C(=O)N3CCCN(C(=O)c4ccccc4Cl)C(c4ccccc4)C3)ccc21. The van der Waals surface area contributed by atoms with Crippen LogP contribution in [0.25, 0.3) is 11.0 Å². The molecule has 0 radical (unpaired) electrons. The molecule has 2 amide bonds. The van der Waals surface area contributed by atoms with Crippen LogP contribution in [-0.4, -0.2) is 56.2 Å². The van der Waals surface area contributed by atoms with Gasteiger partial charge in [0, 0.05) is 31.7 Å². The topological polar surface area (TPSA) is 71.3 Å². The molecule has 4 aromatic rings. The summed E-state index contributed by atoms with van der Waals surface area (Å²) in [4.78, 5) is 30.9. The first-order chi connectivity index (χ1) is 17.1. The van der Waals surface area contributed by atoms with Crippen LogP contribution in [0.3, 0.4) is 0 Å². The molecule has 35 heavy (non-hydrogen) atoms. The molecule has 0 aliphatic carbocycles. The molecular weight excluding hydrogens is 462 g/mol. The van der Waals surface area contributed by atoms with Crippen LogP contribution in [-0.2, 0) is 6.54 Å². The van der Waals surface area contributed by atoms with E-state index in [4.69, 9.17) is 11.6 Å². The fourth-order valence-electron chi connectivity index (χ4n) is 4.69. The molecule has 2 heterocycles. The number of hydrogen-bond acceptors (Lipinski definition) is 4. The molecule has 1 saturated heterocycles. The Hall–Kier alpha value is -3.71. The van der Waals surface area contributed by atoms with Crippen LogP contribution in [0.2, 0.25) is 5.02 Å². The maximum absolute atomic E-state index is 13.6. The lowest BCUT2D eigenvalue weighted by Gasteiger charge is -2.32. The van der Waals surface area contributed by atoms with Gasteiger partial charge >= 0.3 is 0 Å². The van der Waals surface area contributed by atoms with E-state index in [9.17, 15) is 9.59 Å². The van der Waals surface area contributed by atoms with Crippen molar-refractivity contribution in [3.05, 3.63) is 94.5 Å². The Morgan fingerprint density at radius 1 is 0.971 bits per heavy atom. The number of fused-ring (bicyclic) bond motifs is 1. The summed E-state index contributed by atoms with van der Waals surface area (Å²) < 4.78 is 1.80. The van der Waals surface area contributed by atoms with E-state index in [1.807, 2.05) is 71.3 Å². The fourth-order valence-corrected chi connectivity index (χ4v) is 4.90. The molecule has 0 spiro atoms. The van der Waals surface area contributed by atoms with E-state index in [-0.39, 0.29) is 17.9 Å². The first-order valence-corrected chi connectivity index (χ1v) is 12.2. The Balaban J connectivity index is 1.47. The van der Waals surface area contributed by atoms with Gasteiger partial charge < -0.3 is 9.80 Å². The number of aromatic nitrogens is 3. The zero-order valence-corrected chi connectivity index (χ0v) is 20.2. The Kier molecular flexibility index (Phi) is 6.51.